The van der Waals surface area contributed by atoms with Crippen LogP contribution in [0.2, 0.25) is 0 Å². The smallest absolute Gasteiger partial charge is 0.161 e. The first-order chi connectivity index (χ1) is 13.5. The molecule has 0 saturated heterocycles. The summed E-state index contributed by atoms with van der Waals surface area (Å²) in [6.07, 6.45) is 1.76. The normalized spacial score (nSPS) is 10.9. The Kier molecular flexibility index (Phi) is 6.33. The maximum atomic E-state index is 6.00. The summed E-state index contributed by atoms with van der Waals surface area (Å²) in [5, 5.41) is 4.29. The number of methoxy groups -OCH3 is 1. The van der Waals surface area contributed by atoms with Gasteiger partial charge in [0.1, 0.15) is 6.61 Å². The lowest BCUT2D eigenvalue weighted by Gasteiger charge is -2.13. The Balaban J connectivity index is 1.66. The minimum atomic E-state index is 0.506. The van der Waals surface area contributed by atoms with Crippen LogP contribution < -0.4 is 14.9 Å². The van der Waals surface area contributed by atoms with Gasteiger partial charge in [0.25, 0.3) is 0 Å². The van der Waals surface area contributed by atoms with Crippen LogP contribution in [0.3, 0.4) is 0 Å². The van der Waals surface area contributed by atoms with Gasteiger partial charge in [-0.1, -0.05) is 41.5 Å². The Hall–Kier alpha value is -3.27. The monoisotopic (exact) mass is 374 g/mol. The third-order valence-corrected chi connectivity index (χ3v) is 4.53. The standard InChI is InChI=1S/C24H26N2O2/c1-17-6-10-22(11-7-17)26-25-15-20-9-12-23(24(14-20)27-4)28-16-21-13-18(2)5-8-19(21)3/h5-15,26H,16H2,1-4H3/b25-15+. The fourth-order valence-corrected chi connectivity index (χ4v) is 2.80. The molecule has 0 aliphatic rings. The molecule has 28 heavy (non-hydrogen) atoms. The molecular formula is C24H26N2O2. The minimum absolute atomic E-state index is 0.506. The van der Waals surface area contributed by atoms with E-state index in [1.807, 2.05) is 42.5 Å². The lowest BCUT2D eigenvalue weighted by Crippen LogP contribution is -2.00. The van der Waals surface area contributed by atoms with Crippen LogP contribution in [0.4, 0.5) is 5.69 Å². The summed E-state index contributed by atoms with van der Waals surface area (Å²) < 4.78 is 11.5. The predicted octanol–water partition coefficient (Wildman–Crippen LogP) is 5.65. The SMILES string of the molecule is COc1cc(/C=N/Nc2ccc(C)cc2)ccc1OCc1cc(C)ccc1C. The van der Waals surface area contributed by atoms with Crippen LogP contribution in [-0.2, 0) is 6.61 Å². The van der Waals surface area contributed by atoms with E-state index in [1.54, 1.807) is 13.3 Å². The summed E-state index contributed by atoms with van der Waals surface area (Å²) >= 11 is 0. The molecule has 0 aromatic heterocycles. The summed E-state index contributed by atoms with van der Waals surface area (Å²) in [6, 6.07) is 20.3. The lowest BCUT2D eigenvalue weighted by atomic mass is 10.1. The third kappa shape index (κ3) is 5.13. The molecule has 0 bridgehead atoms. The quantitative estimate of drug-likeness (QED) is 0.429. The molecule has 0 aliphatic heterocycles. The van der Waals surface area contributed by atoms with Crippen molar-refractivity contribution in [3.05, 3.63) is 88.5 Å². The topological polar surface area (TPSA) is 42.8 Å². The van der Waals surface area contributed by atoms with E-state index in [9.17, 15) is 0 Å². The highest BCUT2D eigenvalue weighted by molar-refractivity contribution is 5.81. The highest BCUT2D eigenvalue weighted by atomic mass is 16.5. The number of hydrogen-bond donors (Lipinski definition) is 1. The summed E-state index contributed by atoms with van der Waals surface area (Å²) in [5.41, 5.74) is 9.74. The molecule has 0 unspecified atom stereocenters. The fourth-order valence-electron chi connectivity index (χ4n) is 2.80. The minimum Gasteiger partial charge on any atom is -0.493 e. The highest BCUT2D eigenvalue weighted by Crippen LogP contribution is 2.29. The van der Waals surface area contributed by atoms with Crippen molar-refractivity contribution in [2.24, 2.45) is 5.10 Å². The van der Waals surface area contributed by atoms with Gasteiger partial charge in [0, 0.05) is 0 Å². The van der Waals surface area contributed by atoms with E-state index in [1.165, 1.54) is 22.3 Å². The number of hydrogen-bond acceptors (Lipinski definition) is 4. The van der Waals surface area contributed by atoms with E-state index in [2.05, 4.69) is 49.5 Å². The molecule has 0 saturated carbocycles. The van der Waals surface area contributed by atoms with Crippen molar-refractivity contribution in [2.45, 2.75) is 27.4 Å². The van der Waals surface area contributed by atoms with Crippen LogP contribution in [-0.4, -0.2) is 13.3 Å². The Morgan fingerprint density at radius 3 is 2.36 bits per heavy atom. The summed E-state index contributed by atoms with van der Waals surface area (Å²) in [7, 11) is 1.64. The molecule has 3 aromatic rings. The Labute approximate surface area is 166 Å². The van der Waals surface area contributed by atoms with Crippen LogP contribution in [0.5, 0.6) is 11.5 Å². The number of hydrazone groups is 1. The van der Waals surface area contributed by atoms with Crippen LogP contribution in [0.25, 0.3) is 0 Å². The molecule has 0 amide bonds. The third-order valence-electron chi connectivity index (χ3n) is 4.53. The maximum Gasteiger partial charge on any atom is 0.161 e. The zero-order valence-electron chi connectivity index (χ0n) is 16.8. The zero-order chi connectivity index (χ0) is 19.9. The number of nitrogens with zero attached hydrogens (tertiary/aromatic N) is 1. The molecule has 0 radical (unpaired) electrons. The van der Waals surface area contributed by atoms with Crippen LogP contribution in [0, 0.1) is 20.8 Å². The van der Waals surface area contributed by atoms with Gasteiger partial charge in [-0.3, -0.25) is 5.43 Å². The van der Waals surface area contributed by atoms with E-state index < -0.39 is 0 Å². The second kappa shape index (κ2) is 9.09. The van der Waals surface area contributed by atoms with Gasteiger partial charge in [-0.2, -0.15) is 5.10 Å². The molecule has 1 N–H and O–H groups in total. The predicted molar refractivity (Wildman–Crippen MR) is 116 cm³/mol. The average molecular weight is 374 g/mol. The number of aryl methyl sites for hydroxylation is 3. The number of ether oxygens (including phenoxy) is 2. The molecule has 0 spiro atoms. The summed E-state index contributed by atoms with van der Waals surface area (Å²) in [5.74, 6) is 1.40. The Morgan fingerprint density at radius 1 is 0.857 bits per heavy atom. The van der Waals surface area contributed by atoms with Gasteiger partial charge in [-0.05, 0) is 67.8 Å². The van der Waals surface area contributed by atoms with Crippen molar-refractivity contribution in [1.82, 2.24) is 0 Å². The molecule has 4 nitrogen and oxygen atoms in total. The van der Waals surface area contributed by atoms with Gasteiger partial charge in [0.2, 0.25) is 0 Å². The van der Waals surface area contributed by atoms with Crippen molar-refractivity contribution in [1.29, 1.82) is 0 Å². The van der Waals surface area contributed by atoms with Gasteiger partial charge in [-0.15, -0.1) is 0 Å². The van der Waals surface area contributed by atoms with Gasteiger partial charge < -0.3 is 9.47 Å². The molecule has 0 heterocycles. The van der Waals surface area contributed by atoms with Gasteiger partial charge in [0.05, 0.1) is 19.0 Å². The van der Waals surface area contributed by atoms with Crippen molar-refractivity contribution in [2.75, 3.05) is 12.5 Å². The second-order valence-corrected chi connectivity index (χ2v) is 6.86. The fraction of sp³-hybridized carbons (Fsp3) is 0.208. The van der Waals surface area contributed by atoms with Gasteiger partial charge >= 0.3 is 0 Å². The van der Waals surface area contributed by atoms with E-state index in [-0.39, 0.29) is 0 Å². The molecule has 0 aliphatic carbocycles. The van der Waals surface area contributed by atoms with Crippen LogP contribution in [0.1, 0.15) is 27.8 Å². The van der Waals surface area contributed by atoms with Gasteiger partial charge in [0.15, 0.2) is 11.5 Å². The van der Waals surface area contributed by atoms with Gasteiger partial charge in [-0.25, -0.2) is 0 Å². The van der Waals surface area contributed by atoms with Crippen LogP contribution >= 0.6 is 0 Å². The Morgan fingerprint density at radius 2 is 1.61 bits per heavy atom. The van der Waals surface area contributed by atoms with E-state index >= 15 is 0 Å². The average Bonchev–Trinajstić information content (AvgIpc) is 2.70. The zero-order valence-corrected chi connectivity index (χ0v) is 16.8. The first-order valence-electron chi connectivity index (χ1n) is 9.28. The first-order valence-corrected chi connectivity index (χ1v) is 9.28. The number of benzene rings is 3. The molecule has 0 fully saturated rings. The van der Waals surface area contributed by atoms with E-state index in [0.29, 0.717) is 18.1 Å². The molecule has 3 rings (SSSR count). The van der Waals surface area contributed by atoms with Crippen molar-refractivity contribution in [3.63, 3.8) is 0 Å². The summed E-state index contributed by atoms with van der Waals surface area (Å²) in [4.78, 5) is 0. The van der Waals surface area contributed by atoms with Crippen molar-refractivity contribution < 1.29 is 9.47 Å². The van der Waals surface area contributed by atoms with E-state index in [4.69, 9.17) is 9.47 Å². The number of nitrogens with one attached hydrogen (secondary N) is 1. The maximum absolute atomic E-state index is 6.00. The number of rotatable bonds is 7. The molecule has 144 valence electrons. The molecule has 4 heteroatoms. The number of anilines is 1. The molecular weight excluding hydrogens is 348 g/mol. The highest BCUT2D eigenvalue weighted by Gasteiger charge is 2.07. The van der Waals surface area contributed by atoms with Crippen molar-refractivity contribution >= 4 is 11.9 Å². The lowest BCUT2D eigenvalue weighted by molar-refractivity contribution is 0.284. The Bertz CT molecular complexity index is 963. The molecule has 3 aromatic carbocycles. The van der Waals surface area contributed by atoms with E-state index in [0.717, 1.165) is 11.3 Å². The summed E-state index contributed by atoms with van der Waals surface area (Å²) in [6.45, 7) is 6.74. The largest absolute Gasteiger partial charge is 0.493 e. The molecule has 0 atom stereocenters. The first kappa shape index (κ1) is 19.5. The second-order valence-electron chi connectivity index (χ2n) is 6.86. The van der Waals surface area contributed by atoms with Crippen LogP contribution in [0.15, 0.2) is 65.8 Å². The van der Waals surface area contributed by atoms with Crippen molar-refractivity contribution in [3.8, 4) is 11.5 Å².